The molecule has 2 rings (SSSR count). The van der Waals surface area contributed by atoms with Crippen LogP contribution in [0.1, 0.15) is 6.42 Å². The molecule has 0 bridgehead atoms. The Bertz CT molecular complexity index is 675. The molecule has 18 heavy (non-hydrogen) atoms. The number of aromatic amines is 1. The molecule has 0 radical (unpaired) electrons. The largest absolute Gasteiger partial charge is 0.481 e. The van der Waals surface area contributed by atoms with Crippen LogP contribution in [0.2, 0.25) is 0 Å². The monoisotopic (exact) mass is 268 g/mol. The lowest BCUT2D eigenvalue weighted by atomic mass is 10.2. The van der Waals surface area contributed by atoms with Gasteiger partial charge in [0.05, 0.1) is 6.42 Å². The van der Waals surface area contributed by atoms with E-state index in [0.29, 0.717) is 5.39 Å². The van der Waals surface area contributed by atoms with Crippen LogP contribution in [0.3, 0.4) is 0 Å². The normalized spacial score (nSPS) is 11.8. The molecule has 0 aliphatic carbocycles. The number of H-pyrrole nitrogens is 1. The molecule has 7 heteroatoms. The molecule has 96 valence electrons. The van der Waals surface area contributed by atoms with Crippen LogP contribution in [-0.4, -0.2) is 31.0 Å². The van der Waals surface area contributed by atoms with E-state index in [-0.39, 0.29) is 17.9 Å². The molecule has 0 saturated carbocycles. The number of sulfonamides is 1. The first-order chi connectivity index (χ1) is 8.50. The molecule has 6 nitrogen and oxygen atoms in total. The number of carboxylic acid groups (broad SMARTS) is 1. The first kappa shape index (κ1) is 12.6. The quantitative estimate of drug-likeness (QED) is 0.750. The number of fused-ring (bicyclic) bond motifs is 1. The van der Waals surface area contributed by atoms with Crippen molar-refractivity contribution in [2.45, 2.75) is 11.3 Å². The molecule has 0 atom stereocenters. The zero-order valence-corrected chi connectivity index (χ0v) is 10.2. The van der Waals surface area contributed by atoms with Gasteiger partial charge in [0.15, 0.2) is 0 Å². The molecule has 0 unspecified atom stereocenters. The van der Waals surface area contributed by atoms with Crippen LogP contribution in [0.25, 0.3) is 10.9 Å². The van der Waals surface area contributed by atoms with Gasteiger partial charge in [-0.3, -0.25) is 4.79 Å². The predicted octanol–water partition coefficient (Wildman–Crippen LogP) is 0.921. The van der Waals surface area contributed by atoms with E-state index in [9.17, 15) is 13.2 Å². The summed E-state index contributed by atoms with van der Waals surface area (Å²) in [6.07, 6.45) is 1.15. The Balaban J connectivity index is 2.27. The molecular formula is C11H12N2O4S. The van der Waals surface area contributed by atoms with Crippen LogP contribution in [0, 0.1) is 0 Å². The first-order valence-electron chi connectivity index (χ1n) is 5.28. The van der Waals surface area contributed by atoms with Gasteiger partial charge in [0.1, 0.15) is 4.90 Å². The minimum atomic E-state index is -3.68. The summed E-state index contributed by atoms with van der Waals surface area (Å²) in [5.74, 6) is -1.04. The smallest absolute Gasteiger partial charge is 0.304 e. The lowest BCUT2D eigenvalue weighted by molar-refractivity contribution is -0.136. The van der Waals surface area contributed by atoms with Gasteiger partial charge in [-0.05, 0) is 6.07 Å². The van der Waals surface area contributed by atoms with Crippen molar-refractivity contribution in [2.75, 3.05) is 6.54 Å². The van der Waals surface area contributed by atoms with Gasteiger partial charge in [0.25, 0.3) is 0 Å². The highest BCUT2D eigenvalue weighted by Crippen LogP contribution is 2.21. The van der Waals surface area contributed by atoms with Gasteiger partial charge in [-0.15, -0.1) is 0 Å². The molecule has 0 spiro atoms. The number of aliphatic carboxylic acids is 1. The summed E-state index contributed by atoms with van der Waals surface area (Å²) in [4.78, 5) is 13.3. The van der Waals surface area contributed by atoms with Crippen LogP contribution in [-0.2, 0) is 14.8 Å². The minimum absolute atomic E-state index is 0.128. The fraction of sp³-hybridized carbons (Fsp3) is 0.182. The summed E-state index contributed by atoms with van der Waals surface area (Å²) < 4.78 is 26.2. The van der Waals surface area contributed by atoms with E-state index in [0.717, 1.165) is 5.52 Å². The molecule has 1 aromatic carbocycles. The van der Waals surface area contributed by atoms with Gasteiger partial charge in [0, 0.05) is 23.6 Å². The van der Waals surface area contributed by atoms with Gasteiger partial charge < -0.3 is 10.1 Å². The summed E-state index contributed by atoms with van der Waals surface area (Å²) in [6.45, 7) is -0.128. The van der Waals surface area contributed by atoms with Crippen molar-refractivity contribution in [2.24, 2.45) is 0 Å². The number of carbonyl (C=O) groups is 1. The number of nitrogens with one attached hydrogen (secondary N) is 2. The van der Waals surface area contributed by atoms with Gasteiger partial charge in [-0.25, -0.2) is 13.1 Å². The number of carboxylic acids is 1. The Morgan fingerprint density at radius 3 is 2.78 bits per heavy atom. The number of benzene rings is 1. The highest BCUT2D eigenvalue weighted by molar-refractivity contribution is 7.89. The maximum atomic E-state index is 12.0. The highest BCUT2D eigenvalue weighted by Gasteiger charge is 2.18. The molecule has 0 saturated heterocycles. The molecule has 1 aromatic heterocycles. The van der Waals surface area contributed by atoms with Crippen molar-refractivity contribution in [3.63, 3.8) is 0 Å². The van der Waals surface area contributed by atoms with E-state index >= 15 is 0 Å². The van der Waals surface area contributed by atoms with E-state index in [1.807, 2.05) is 0 Å². The topological polar surface area (TPSA) is 99.3 Å². The fourth-order valence-electron chi connectivity index (χ4n) is 1.64. The molecule has 0 aliphatic heterocycles. The average molecular weight is 268 g/mol. The van der Waals surface area contributed by atoms with Gasteiger partial charge in [-0.1, -0.05) is 18.2 Å². The van der Waals surface area contributed by atoms with Crippen LogP contribution in [0.5, 0.6) is 0 Å². The molecular weight excluding hydrogens is 256 g/mol. The van der Waals surface area contributed by atoms with Crippen molar-refractivity contribution in [3.05, 3.63) is 30.5 Å². The Labute approximate surface area is 104 Å². The molecule has 2 aromatic rings. The second-order valence-electron chi connectivity index (χ2n) is 3.74. The maximum Gasteiger partial charge on any atom is 0.304 e. The third-order valence-electron chi connectivity index (χ3n) is 2.47. The van der Waals surface area contributed by atoms with Gasteiger partial charge in [-0.2, -0.15) is 0 Å². The maximum absolute atomic E-state index is 12.0. The minimum Gasteiger partial charge on any atom is -0.481 e. The fourth-order valence-corrected chi connectivity index (χ4v) is 2.85. The number of hydrogen-bond donors (Lipinski definition) is 3. The lowest BCUT2D eigenvalue weighted by Crippen LogP contribution is -2.26. The van der Waals surface area contributed by atoms with E-state index in [1.165, 1.54) is 6.20 Å². The van der Waals surface area contributed by atoms with E-state index in [1.54, 1.807) is 24.3 Å². The highest BCUT2D eigenvalue weighted by atomic mass is 32.2. The number of aromatic nitrogens is 1. The summed E-state index contributed by atoms with van der Waals surface area (Å²) >= 11 is 0. The third kappa shape index (κ3) is 2.52. The summed E-state index contributed by atoms with van der Waals surface area (Å²) in [5.41, 5.74) is 0.719. The zero-order valence-electron chi connectivity index (χ0n) is 9.38. The van der Waals surface area contributed by atoms with Crippen LogP contribution in [0.15, 0.2) is 35.4 Å². The zero-order chi connectivity index (χ0) is 13.2. The van der Waals surface area contributed by atoms with Crippen LogP contribution < -0.4 is 4.72 Å². The Kier molecular flexibility index (Phi) is 3.35. The third-order valence-corrected chi connectivity index (χ3v) is 3.97. The summed E-state index contributed by atoms with van der Waals surface area (Å²) in [6, 6.07) is 7.00. The van der Waals surface area contributed by atoms with Crippen molar-refractivity contribution in [1.29, 1.82) is 0 Å². The van der Waals surface area contributed by atoms with Crippen molar-refractivity contribution < 1.29 is 18.3 Å². The van der Waals surface area contributed by atoms with Crippen LogP contribution >= 0.6 is 0 Å². The Morgan fingerprint density at radius 2 is 2.06 bits per heavy atom. The molecule has 0 fully saturated rings. The SMILES string of the molecule is O=C(O)CCNS(=O)(=O)c1c[nH]c2ccccc12. The van der Waals surface area contributed by atoms with Crippen molar-refractivity contribution in [3.8, 4) is 0 Å². The second-order valence-corrected chi connectivity index (χ2v) is 5.48. The second kappa shape index (κ2) is 4.79. The lowest BCUT2D eigenvalue weighted by Gasteiger charge is -2.03. The molecule has 0 amide bonds. The summed E-state index contributed by atoms with van der Waals surface area (Å²) in [5, 5.41) is 9.06. The van der Waals surface area contributed by atoms with Crippen molar-refractivity contribution in [1.82, 2.24) is 9.71 Å². The van der Waals surface area contributed by atoms with E-state index in [2.05, 4.69) is 9.71 Å². The van der Waals surface area contributed by atoms with Crippen molar-refractivity contribution >= 4 is 26.9 Å². The molecule has 1 heterocycles. The number of rotatable bonds is 5. The average Bonchev–Trinajstić information content (AvgIpc) is 2.72. The predicted molar refractivity (Wildman–Crippen MR) is 65.7 cm³/mol. The Hall–Kier alpha value is -1.86. The Morgan fingerprint density at radius 1 is 1.33 bits per heavy atom. The first-order valence-corrected chi connectivity index (χ1v) is 6.76. The van der Waals surface area contributed by atoms with Gasteiger partial charge in [0.2, 0.25) is 10.0 Å². The summed E-state index contributed by atoms with van der Waals surface area (Å²) in [7, 11) is -3.68. The standard InChI is InChI=1S/C11H12N2O4S/c14-11(15)5-6-13-18(16,17)10-7-12-9-4-2-1-3-8(9)10/h1-4,7,12-13H,5-6H2,(H,14,15). The molecule has 3 N–H and O–H groups in total. The van der Waals surface area contributed by atoms with Gasteiger partial charge >= 0.3 is 5.97 Å². The number of para-hydroxylation sites is 1. The van der Waals surface area contributed by atoms with Crippen LogP contribution in [0.4, 0.5) is 0 Å². The number of hydrogen-bond acceptors (Lipinski definition) is 3. The van der Waals surface area contributed by atoms with E-state index < -0.39 is 16.0 Å². The molecule has 0 aliphatic rings. The van der Waals surface area contributed by atoms with E-state index in [4.69, 9.17) is 5.11 Å².